The number of aryl methyl sites for hydroxylation is 1. The van der Waals surface area contributed by atoms with Crippen LogP contribution in [0, 0.1) is 6.92 Å². The van der Waals surface area contributed by atoms with Crippen LogP contribution in [0.25, 0.3) is 0 Å². The van der Waals surface area contributed by atoms with E-state index in [2.05, 4.69) is 61.7 Å². The summed E-state index contributed by atoms with van der Waals surface area (Å²) in [5, 5.41) is 7.27. The van der Waals surface area contributed by atoms with E-state index in [1.165, 1.54) is 16.8 Å². The lowest BCUT2D eigenvalue weighted by Gasteiger charge is -2.30. The summed E-state index contributed by atoms with van der Waals surface area (Å²) >= 11 is 0. The SMILES string of the molecule is CCNC(=NCc1ccc(N(C)C)cc1C)NC1CCCC(S(=O)CC)C1. The van der Waals surface area contributed by atoms with Crippen LogP contribution < -0.4 is 15.5 Å². The first-order valence-electron chi connectivity index (χ1n) is 10.1. The molecule has 0 aromatic heterocycles. The minimum atomic E-state index is -0.700. The Morgan fingerprint density at radius 1 is 1.30 bits per heavy atom. The van der Waals surface area contributed by atoms with Crippen LogP contribution >= 0.6 is 0 Å². The van der Waals surface area contributed by atoms with E-state index in [-0.39, 0.29) is 0 Å². The molecule has 1 aromatic carbocycles. The summed E-state index contributed by atoms with van der Waals surface area (Å²) in [6.07, 6.45) is 4.32. The molecule has 3 atom stereocenters. The lowest BCUT2D eigenvalue weighted by Crippen LogP contribution is -2.46. The van der Waals surface area contributed by atoms with Gasteiger partial charge in [0.05, 0.1) is 6.54 Å². The summed E-state index contributed by atoms with van der Waals surface area (Å²) in [7, 11) is 3.42. The molecule has 0 bridgehead atoms. The van der Waals surface area contributed by atoms with Gasteiger partial charge in [0.1, 0.15) is 0 Å². The van der Waals surface area contributed by atoms with Gasteiger partial charge in [-0.25, -0.2) is 4.99 Å². The van der Waals surface area contributed by atoms with Gasteiger partial charge in [-0.2, -0.15) is 0 Å². The summed E-state index contributed by atoms with van der Waals surface area (Å²) in [5.74, 6) is 1.62. The Morgan fingerprint density at radius 2 is 2.07 bits per heavy atom. The minimum Gasteiger partial charge on any atom is -0.378 e. The van der Waals surface area contributed by atoms with Crippen LogP contribution in [0.4, 0.5) is 5.69 Å². The number of hydrogen-bond donors (Lipinski definition) is 2. The van der Waals surface area contributed by atoms with E-state index in [9.17, 15) is 4.21 Å². The van der Waals surface area contributed by atoms with E-state index >= 15 is 0 Å². The molecule has 0 heterocycles. The minimum absolute atomic E-state index is 0.324. The normalized spacial score (nSPS) is 21.6. The third-order valence-corrected chi connectivity index (χ3v) is 6.96. The predicted molar refractivity (Wildman–Crippen MR) is 118 cm³/mol. The average Bonchev–Trinajstić information content (AvgIpc) is 2.66. The van der Waals surface area contributed by atoms with Crippen molar-refractivity contribution in [2.75, 3.05) is 31.3 Å². The fourth-order valence-corrected chi connectivity index (χ4v) is 4.91. The van der Waals surface area contributed by atoms with E-state index in [1.54, 1.807) is 0 Å². The fraction of sp³-hybridized carbons (Fsp3) is 0.667. The van der Waals surface area contributed by atoms with Crippen molar-refractivity contribution < 1.29 is 4.21 Å². The molecule has 0 aliphatic heterocycles. The Balaban J connectivity index is 2.02. The molecule has 1 aliphatic carbocycles. The topological polar surface area (TPSA) is 56.7 Å². The summed E-state index contributed by atoms with van der Waals surface area (Å²) < 4.78 is 12.2. The summed E-state index contributed by atoms with van der Waals surface area (Å²) in [6, 6.07) is 6.87. The Bertz CT molecular complexity index is 660. The highest BCUT2D eigenvalue weighted by atomic mass is 32.2. The molecular weight excluding hydrogens is 356 g/mol. The number of aliphatic imine (C=N–C) groups is 1. The van der Waals surface area contributed by atoms with Gasteiger partial charge in [0.2, 0.25) is 0 Å². The van der Waals surface area contributed by atoms with Gasteiger partial charge in [0.25, 0.3) is 0 Å². The number of guanidine groups is 1. The summed E-state index contributed by atoms with van der Waals surface area (Å²) in [4.78, 5) is 6.92. The zero-order valence-corrected chi connectivity index (χ0v) is 18.4. The van der Waals surface area contributed by atoms with Crippen LogP contribution in [0.3, 0.4) is 0 Å². The van der Waals surface area contributed by atoms with Gasteiger partial charge in [-0.1, -0.05) is 19.4 Å². The molecule has 0 spiro atoms. The van der Waals surface area contributed by atoms with Crippen molar-refractivity contribution in [2.45, 2.75) is 64.3 Å². The Labute approximate surface area is 167 Å². The molecule has 0 radical (unpaired) electrons. The molecule has 2 N–H and O–H groups in total. The highest BCUT2D eigenvalue weighted by Gasteiger charge is 2.26. The van der Waals surface area contributed by atoms with E-state index < -0.39 is 10.8 Å². The van der Waals surface area contributed by atoms with E-state index in [4.69, 9.17) is 4.99 Å². The van der Waals surface area contributed by atoms with Crippen molar-refractivity contribution in [1.29, 1.82) is 0 Å². The van der Waals surface area contributed by atoms with Gasteiger partial charge in [-0.05, 0) is 56.4 Å². The second-order valence-corrected chi connectivity index (χ2v) is 9.51. The van der Waals surface area contributed by atoms with Gasteiger partial charge in [-0.15, -0.1) is 0 Å². The molecule has 6 heteroatoms. The number of nitrogens with one attached hydrogen (secondary N) is 2. The van der Waals surface area contributed by atoms with Crippen LogP contribution in [-0.2, 0) is 17.3 Å². The van der Waals surface area contributed by atoms with E-state index in [1.807, 2.05) is 6.92 Å². The van der Waals surface area contributed by atoms with Gasteiger partial charge in [0, 0.05) is 54.2 Å². The first-order chi connectivity index (χ1) is 12.9. The van der Waals surface area contributed by atoms with Crippen molar-refractivity contribution in [3.05, 3.63) is 29.3 Å². The Kier molecular flexibility index (Phi) is 8.61. The first kappa shape index (κ1) is 21.7. The smallest absolute Gasteiger partial charge is 0.191 e. The third kappa shape index (κ3) is 6.52. The zero-order valence-electron chi connectivity index (χ0n) is 17.5. The molecule has 0 amide bonds. The highest BCUT2D eigenvalue weighted by Crippen LogP contribution is 2.23. The molecule has 0 saturated heterocycles. The van der Waals surface area contributed by atoms with Crippen LogP contribution in [0.5, 0.6) is 0 Å². The maximum Gasteiger partial charge on any atom is 0.191 e. The zero-order chi connectivity index (χ0) is 19.8. The third-order valence-electron chi connectivity index (χ3n) is 5.22. The molecule has 5 nitrogen and oxygen atoms in total. The molecule has 1 fully saturated rings. The summed E-state index contributed by atoms with van der Waals surface area (Å²) in [5.41, 5.74) is 3.71. The standard InChI is InChI=1S/C21H36N4OS/c1-6-22-21(24-18-9-8-10-20(14-18)27(26)7-2)23-15-17-11-12-19(25(4)5)13-16(17)3/h11-13,18,20H,6-10,14-15H2,1-5H3,(H2,22,23,24). The number of rotatable bonds is 7. The van der Waals surface area contributed by atoms with Crippen molar-refractivity contribution in [3.8, 4) is 0 Å². The number of nitrogens with zero attached hydrogens (tertiary/aromatic N) is 2. The lowest BCUT2D eigenvalue weighted by molar-refractivity contribution is 0.413. The van der Waals surface area contributed by atoms with Crippen molar-refractivity contribution in [2.24, 2.45) is 4.99 Å². The van der Waals surface area contributed by atoms with Crippen molar-refractivity contribution in [1.82, 2.24) is 10.6 Å². The van der Waals surface area contributed by atoms with Crippen LogP contribution in [0.2, 0.25) is 0 Å². The van der Waals surface area contributed by atoms with Gasteiger partial charge in [0.15, 0.2) is 5.96 Å². The average molecular weight is 393 g/mol. The quantitative estimate of drug-likeness (QED) is 0.553. The van der Waals surface area contributed by atoms with Crippen molar-refractivity contribution in [3.63, 3.8) is 0 Å². The second kappa shape index (κ2) is 10.7. The molecular formula is C21H36N4OS. The maximum absolute atomic E-state index is 12.2. The van der Waals surface area contributed by atoms with Gasteiger partial charge < -0.3 is 15.5 Å². The van der Waals surface area contributed by atoms with Gasteiger partial charge in [-0.3, -0.25) is 4.21 Å². The predicted octanol–water partition coefficient (Wildman–Crippen LogP) is 3.20. The first-order valence-corrected chi connectivity index (χ1v) is 11.5. The molecule has 1 aromatic rings. The maximum atomic E-state index is 12.2. The van der Waals surface area contributed by atoms with E-state index in [0.717, 1.165) is 43.9 Å². The molecule has 1 aliphatic rings. The number of anilines is 1. The monoisotopic (exact) mass is 392 g/mol. The van der Waals surface area contributed by atoms with Crippen LogP contribution in [-0.4, -0.2) is 47.9 Å². The molecule has 3 unspecified atom stereocenters. The molecule has 152 valence electrons. The lowest BCUT2D eigenvalue weighted by atomic mass is 9.95. The molecule has 27 heavy (non-hydrogen) atoms. The van der Waals surface area contributed by atoms with Crippen LogP contribution in [0.15, 0.2) is 23.2 Å². The summed E-state index contributed by atoms with van der Waals surface area (Å²) in [6.45, 7) is 7.74. The molecule has 1 saturated carbocycles. The Morgan fingerprint density at radius 3 is 2.70 bits per heavy atom. The van der Waals surface area contributed by atoms with Crippen LogP contribution in [0.1, 0.15) is 50.7 Å². The van der Waals surface area contributed by atoms with E-state index in [0.29, 0.717) is 17.8 Å². The number of benzene rings is 1. The number of hydrogen-bond acceptors (Lipinski definition) is 3. The highest BCUT2D eigenvalue weighted by molar-refractivity contribution is 7.85. The second-order valence-electron chi connectivity index (χ2n) is 7.50. The molecule has 2 rings (SSSR count). The Hall–Kier alpha value is -1.56. The fourth-order valence-electron chi connectivity index (χ4n) is 3.56. The van der Waals surface area contributed by atoms with Gasteiger partial charge >= 0.3 is 0 Å². The van der Waals surface area contributed by atoms with Crippen molar-refractivity contribution >= 4 is 22.4 Å². The largest absolute Gasteiger partial charge is 0.378 e.